The molecule has 0 radical (unpaired) electrons. The van der Waals surface area contributed by atoms with E-state index in [0.717, 1.165) is 17.1 Å². The van der Waals surface area contributed by atoms with Crippen molar-refractivity contribution in [2.45, 2.75) is 11.4 Å². The third kappa shape index (κ3) is 3.50. The number of halogens is 1. The summed E-state index contributed by atoms with van der Waals surface area (Å²) in [4.78, 5) is 7.09. The van der Waals surface area contributed by atoms with Crippen LogP contribution in [0, 0.1) is 0 Å². The Hall–Kier alpha value is -1.51. The third-order valence-corrected chi connectivity index (χ3v) is 7.90. The summed E-state index contributed by atoms with van der Waals surface area (Å²) in [5.41, 5.74) is 1.02. The SMILES string of the molecule is O=S(=O)(c1ccccc1Cl)N1CCN(Cc2nc3ccccc3s2)CC1. The van der Waals surface area contributed by atoms with Gasteiger partial charge in [-0.05, 0) is 24.3 Å². The molecule has 0 aliphatic carbocycles. The minimum Gasteiger partial charge on any atom is -0.294 e. The van der Waals surface area contributed by atoms with Gasteiger partial charge in [0.05, 0.1) is 21.8 Å². The van der Waals surface area contributed by atoms with E-state index >= 15 is 0 Å². The Morgan fingerprint density at radius 1 is 1.00 bits per heavy atom. The molecule has 136 valence electrons. The highest BCUT2D eigenvalue weighted by Crippen LogP contribution is 2.26. The lowest BCUT2D eigenvalue weighted by molar-refractivity contribution is 0.181. The quantitative estimate of drug-likeness (QED) is 0.664. The first kappa shape index (κ1) is 17.9. The van der Waals surface area contributed by atoms with Gasteiger partial charge in [-0.15, -0.1) is 11.3 Å². The van der Waals surface area contributed by atoms with E-state index in [4.69, 9.17) is 11.6 Å². The number of rotatable bonds is 4. The molecule has 0 spiro atoms. The number of hydrogen-bond acceptors (Lipinski definition) is 5. The molecule has 0 bridgehead atoms. The minimum atomic E-state index is -3.55. The van der Waals surface area contributed by atoms with Crippen LogP contribution in [0.15, 0.2) is 53.4 Å². The van der Waals surface area contributed by atoms with E-state index < -0.39 is 10.0 Å². The molecule has 0 unspecified atom stereocenters. The number of para-hydroxylation sites is 1. The number of fused-ring (bicyclic) bond motifs is 1. The Kier molecular flexibility index (Phi) is 4.98. The maximum atomic E-state index is 12.8. The number of benzene rings is 2. The van der Waals surface area contributed by atoms with E-state index in [1.807, 2.05) is 18.2 Å². The Bertz CT molecular complexity index is 995. The Balaban J connectivity index is 1.43. The molecule has 0 N–H and O–H groups in total. The fraction of sp³-hybridized carbons (Fsp3) is 0.278. The largest absolute Gasteiger partial charge is 0.294 e. The van der Waals surface area contributed by atoms with Crippen molar-refractivity contribution in [3.63, 3.8) is 0 Å². The van der Waals surface area contributed by atoms with Gasteiger partial charge in [0.2, 0.25) is 10.0 Å². The summed E-state index contributed by atoms with van der Waals surface area (Å²) in [6.07, 6.45) is 0. The maximum absolute atomic E-state index is 12.8. The predicted molar refractivity (Wildman–Crippen MR) is 105 cm³/mol. The van der Waals surface area contributed by atoms with Gasteiger partial charge >= 0.3 is 0 Å². The van der Waals surface area contributed by atoms with Crippen molar-refractivity contribution >= 4 is 43.2 Å². The molecular formula is C18H18ClN3O2S2. The van der Waals surface area contributed by atoms with Crippen LogP contribution in [0.4, 0.5) is 0 Å². The van der Waals surface area contributed by atoms with Gasteiger partial charge in [-0.25, -0.2) is 13.4 Å². The van der Waals surface area contributed by atoms with Crippen molar-refractivity contribution in [2.75, 3.05) is 26.2 Å². The van der Waals surface area contributed by atoms with Crippen LogP contribution in [-0.2, 0) is 16.6 Å². The molecule has 1 aliphatic rings. The molecule has 8 heteroatoms. The lowest BCUT2D eigenvalue weighted by Gasteiger charge is -2.33. The second kappa shape index (κ2) is 7.25. The van der Waals surface area contributed by atoms with Crippen LogP contribution in [0.1, 0.15) is 5.01 Å². The lowest BCUT2D eigenvalue weighted by Crippen LogP contribution is -2.48. The molecule has 1 aliphatic heterocycles. The van der Waals surface area contributed by atoms with Crippen LogP contribution in [-0.4, -0.2) is 48.8 Å². The molecule has 0 saturated carbocycles. The fourth-order valence-electron chi connectivity index (χ4n) is 3.10. The normalized spacial score (nSPS) is 17.0. The molecule has 2 heterocycles. The standard InChI is InChI=1S/C18H18ClN3O2S2/c19-14-5-1-4-8-17(14)26(23,24)22-11-9-21(10-12-22)13-18-20-15-6-2-3-7-16(15)25-18/h1-8H,9-13H2. The van der Waals surface area contributed by atoms with Crippen LogP contribution >= 0.6 is 22.9 Å². The Labute approximate surface area is 161 Å². The second-order valence-corrected chi connectivity index (χ2v) is 9.61. The molecule has 4 rings (SSSR count). The first-order valence-electron chi connectivity index (χ1n) is 8.35. The Morgan fingerprint density at radius 2 is 1.69 bits per heavy atom. The van der Waals surface area contributed by atoms with Crippen molar-refractivity contribution in [1.29, 1.82) is 0 Å². The van der Waals surface area contributed by atoms with E-state index in [2.05, 4.69) is 16.0 Å². The van der Waals surface area contributed by atoms with Crippen LogP contribution in [0.25, 0.3) is 10.2 Å². The third-order valence-electron chi connectivity index (χ3n) is 4.48. The number of aromatic nitrogens is 1. The highest BCUT2D eigenvalue weighted by Gasteiger charge is 2.30. The molecule has 1 saturated heterocycles. The van der Waals surface area contributed by atoms with Gasteiger partial charge in [0, 0.05) is 26.2 Å². The van der Waals surface area contributed by atoms with Gasteiger partial charge in [-0.1, -0.05) is 35.9 Å². The van der Waals surface area contributed by atoms with Gasteiger partial charge in [-0.2, -0.15) is 4.31 Å². The zero-order valence-electron chi connectivity index (χ0n) is 14.0. The molecule has 1 fully saturated rings. The van der Waals surface area contributed by atoms with Crippen molar-refractivity contribution in [1.82, 2.24) is 14.2 Å². The molecule has 0 amide bonds. The first-order valence-corrected chi connectivity index (χ1v) is 11.0. The molecule has 2 aromatic carbocycles. The summed E-state index contributed by atoms with van der Waals surface area (Å²) in [6.45, 7) is 3.02. The van der Waals surface area contributed by atoms with Crippen molar-refractivity contribution in [3.05, 3.63) is 58.6 Å². The first-order chi connectivity index (χ1) is 12.5. The fourth-order valence-corrected chi connectivity index (χ4v) is 6.03. The van der Waals surface area contributed by atoms with Gasteiger partial charge < -0.3 is 0 Å². The van der Waals surface area contributed by atoms with Gasteiger partial charge in [-0.3, -0.25) is 4.90 Å². The predicted octanol–water partition coefficient (Wildman–Crippen LogP) is 3.46. The van der Waals surface area contributed by atoms with Crippen molar-refractivity contribution in [3.8, 4) is 0 Å². The smallest absolute Gasteiger partial charge is 0.244 e. The van der Waals surface area contributed by atoms with E-state index in [0.29, 0.717) is 26.2 Å². The topological polar surface area (TPSA) is 53.5 Å². The van der Waals surface area contributed by atoms with Gasteiger partial charge in [0.15, 0.2) is 0 Å². The zero-order valence-corrected chi connectivity index (χ0v) is 16.4. The summed E-state index contributed by atoms with van der Waals surface area (Å²) < 4.78 is 28.3. The highest BCUT2D eigenvalue weighted by molar-refractivity contribution is 7.89. The maximum Gasteiger partial charge on any atom is 0.244 e. The molecule has 5 nitrogen and oxygen atoms in total. The monoisotopic (exact) mass is 407 g/mol. The van der Waals surface area contributed by atoms with E-state index in [9.17, 15) is 8.42 Å². The molecular weight excluding hydrogens is 390 g/mol. The van der Waals surface area contributed by atoms with Crippen LogP contribution in [0.5, 0.6) is 0 Å². The second-order valence-electron chi connectivity index (χ2n) is 6.19. The average molecular weight is 408 g/mol. The van der Waals surface area contributed by atoms with Gasteiger partial charge in [0.1, 0.15) is 9.90 Å². The van der Waals surface area contributed by atoms with Crippen LogP contribution in [0.2, 0.25) is 5.02 Å². The molecule has 0 atom stereocenters. The summed E-state index contributed by atoms with van der Waals surface area (Å²) in [7, 11) is -3.55. The van der Waals surface area contributed by atoms with E-state index in [-0.39, 0.29) is 9.92 Å². The lowest BCUT2D eigenvalue weighted by atomic mass is 10.3. The minimum absolute atomic E-state index is 0.182. The van der Waals surface area contributed by atoms with E-state index in [1.165, 1.54) is 9.01 Å². The van der Waals surface area contributed by atoms with Crippen LogP contribution < -0.4 is 0 Å². The number of sulfonamides is 1. The van der Waals surface area contributed by atoms with Gasteiger partial charge in [0.25, 0.3) is 0 Å². The summed E-state index contributed by atoms with van der Waals surface area (Å²) in [6, 6.07) is 14.7. The molecule has 26 heavy (non-hydrogen) atoms. The summed E-state index contributed by atoms with van der Waals surface area (Å²) >= 11 is 7.77. The average Bonchev–Trinajstić information content (AvgIpc) is 3.04. The molecule has 3 aromatic rings. The number of hydrogen-bond donors (Lipinski definition) is 0. The summed E-state index contributed by atoms with van der Waals surface area (Å²) in [5.74, 6) is 0. The van der Waals surface area contributed by atoms with Crippen LogP contribution in [0.3, 0.4) is 0 Å². The highest BCUT2D eigenvalue weighted by atomic mass is 35.5. The number of thiazole rings is 1. The van der Waals surface area contributed by atoms with E-state index in [1.54, 1.807) is 35.6 Å². The summed E-state index contributed by atoms with van der Waals surface area (Å²) in [5, 5.41) is 1.33. The Morgan fingerprint density at radius 3 is 2.42 bits per heavy atom. The number of nitrogens with zero attached hydrogens (tertiary/aromatic N) is 3. The van der Waals surface area contributed by atoms with Crippen molar-refractivity contribution in [2.24, 2.45) is 0 Å². The zero-order chi connectivity index (χ0) is 18.1. The molecule has 1 aromatic heterocycles. The number of piperazine rings is 1. The van der Waals surface area contributed by atoms with Crippen molar-refractivity contribution < 1.29 is 8.42 Å².